The molecular weight excluding hydrogens is 412 g/mol. The number of nitrogens with one attached hydrogen (secondary N) is 1. The summed E-state index contributed by atoms with van der Waals surface area (Å²) in [4.78, 5) is 28.7. The van der Waals surface area contributed by atoms with E-state index >= 15 is 0 Å². The minimum absolute atomic E-state index is 0. The van der Waals surface area contributed by atoms with Gasteiger partial charge in [0.25, 0.3) is 5.91 Å². The van der Waals surface area contributed by atoms with E-state index in [0.717, 1.165) is 35.5 Å². The minimum atomic E-state index is -0.618. The van der Waals surface area contributed by atoms with Crippen molar-refractivity contribution in [2.75, 3.05) is 10.2 Å². The first kappa shape index (κ1) is 20.9. The highest BCUT2D eigenvalue weighted by atomic mass is 35.5. The number of ketones is 1. The Morgan fingerprint density at radius 1 is 1.03 bits per heavy atom. The van der Waals surface area contributed by atoms with Crippen molar-refractivity contribution in [1.82, 2.24) is 0 Å². The maximum absolute atomic E-state index is 13.8. The number of nitrogens with zero attached hydrogens (tertiary/aromatic N) is 1. The quantitative estimate of drug-likeness (QED) is 0.551. The zero-order chi connectivity index (χ0) is 20.7. The molecule has 2 aliphatic rings. The Kier molecular flexibility index (Phi) is 5.70. The molecule has 1 amide bonds. The van der Waals surface area contributed by atoms with E-state index in [1.54, 1.807) is 17.2 Å². The van der Waals surface area contributed by atoms with Gasteiger partial charge in [-0.25, -0.2) is 0 Å². The predicted molar refractivity (Wildman–Crippen MR) is 123 cm³/mol. The van der Waals surface area contributed by atoms with E-state index in [2.05, 4.69) is 5.32 Å². The number of fused-ring (bicyclic) bond motifs is 1. The molecule has 1 aromatic heterocycles. The van der Waals surface area contributed by atoms with Crippen molar-refractivity contribution in [3.8, 4) is 0 Å². The standard InChI is InChI=1S/C25H22N2O3.ClH/c1-16-11-13-17(14-12-16)25(29)27-20-8-3-2-6-18(20)26-19-7-4-9-21(28)23(19)24(27)22-10-5-15-30-22;/h2-3,5-6,8,10-15,24,26H,4,7,9H2,1H3;1H. The second-order valence-corrected chi connectivity index (χ2v) is 7.77. The van der Waals surface area contributed by atoms with Gasteiger partial charge < -0.3 is 9.73 Å². The first-order valence-corrected chi connectivity index (χ1v) is 10.2. The van der Waals surface area contributed by atoms with Crippen LogP contribution in [-0.4, -0.2) is 11.7 Å². The molecule has 1 aliphatic carbocycles. The van der Waals surface area contributed by atoms with Crippen molar-refractivity contribution in [1.29, 1.82) is 0 Å². The molecule has 31 heavy (non-hydrogen) atoms. The van der Waals surface area contributed by atoms with Gasteiger partial charge in [-0.2, -0.15) is 0 Å². The molecule has 0 bridgehead atoms. The summed E-state index contributed by atoms with van der Waals surface area (Å²) in [6, 6.07) is 18.2. The number of carbonyl (C=O) groups is 2. The van der Waals surface area contributed by atoms with Crippen molar-refractivity contribution >= 4 is 35.5 Å². The summed E-state index contributed by atoms with van der Waals surface area (Å²) in [5.74, 6) is 0.467. The molecule has 0 fully saturated rings. The number of Topliss-reactive ketones (excluding diaryl/α,β-unsaturated/α-hetero) is 1. The van der Waals surface area contributed by atoms with Crippen LogP contribution in [0.25, 0.3) is 0 Å². The van der Waals surface area contributed by atoms with Gasteiger partial charge in [0.05, 0.1) is 17.6 Å². The number of halogens is 1. The molecule has 2 aromatic carbocycles. The first-order valence-electron chi connectivity index (χ1n) is 10.2. The van der Waals surface area contributed by atoms with Crippen molar-refractivity contribution in [3.05, 3.63) is 95.1 Å². The lowest BCUT2D eigenvalue weighted by Gasteiger charge is -2.32. The zero-order valence-corrected chi connectivity index (χ0v) is 17.9. The number of aryl methyl sites for hydroxylation is 1. The average Bonchev–Trinajstić information content (AvgIpc) is 3.23. The normalized spacial score (nSPS) is 17.8. The van der Waals surface area contributed by atoms with Crippen LogP contribution >= 0.6 is 12.4 Å². The minimum Gasteiger partial charge on any atom is -0.467 e. The fraction of sp³-hybridized carbons (Fsp3) is 0.200. The average molecular weight is 435 g/mol. The highest BCUT2D eigenvalue weighted by Crippen LogP contribution is 2.45. The number of rotatable bonds is 2. The Labute approximate surface area is 187 Å². The van der Waals surface area contributed by atoms with E-state index in [1.165, 1.54) is 0 Å². The summed E-state index contributed by atoms with van der Waals surface area (Å²) in [6.45, 7) is 1.99. The third-order valence-corrected chi connectivity index (χ3v) is 5.77. The van der Waals surface area contributed by atoms with Gasteiger partial charge >= 0.3 is 0 Å². The molecule has 2 heterocycles. The van der Waals surface area contributed by atoms with Gasteiger partial charge in [-0.05, 0) is 56.2 Å². The largest absolute Gasteiger partial charge is 0.467 e. The number of hydrogen-bond donors (Lipinski definition) is 1. The van der Waals surface area contributed by atoms with Gasteiger partial charge in [0, 0.05) is 23.3 Å². The van der Waals surface area contributed by atoms with E-state index in [9.17, 15) is 9.59 Å². The Morgan fingerprint density at radius 3 is 2.55 bits per heavy atom. The number of amides is 1. The number of para-hydroxylation sites is 2. The summed E-state index contributed by atoms with van der Waals surface area (Å²) >= 11 is 0. The van der Waals surface area contributed by atoms with E-state index in [1.807, 2.05) is 61.5 Å². The van der Waals surface area contributed by atoms with E-state index in [4.69, 9.17) is 4.42 Å². The molecule has 1 aliphatic heterocycles. The fourth-order valence-electron chi connectivity index (χ4n) is 4.31. The van der Waals surface area contributed by atoms with E-state index in [-0.39, 0.29) is 24.1 Å². The molecule has 5 nitrogen and oxygen atoms in total. The molecular formula is C25H23ClN2O3. The van der Waals surface area contributed by atoms with Crippen LogP contribution in [0.5, 0.6) is 0 Å². The molecule has 6 heteroatoms. The second kappa shape index (κ2) is 8.44. The lowest BCUT2D eigenvalue weighted by Crippen LogP contribution is -2.37. The van der Waals surface area contributed by atoms with Crippen molar-refractivity contribution < 1.29 is 14.0 Å². The number of furan rings is 1. The number of hydrogen-bond acceptors (Lipinski definition) is 4. The molecule has 0 saturated heterocycles. The summed E-state index contributed by atoms with van der Waals surface area (Å²) in [5, 5.41) is 3.45. The summed E-state index contributed by atoms with van der Waals surface area (Å²) in [5.41, 5.74) is 4.69. The van der Waals surface area contributed by atoms with Crippen LogP contribution in [0.15, 0.2) is 82.6 Å². The number of benzene rings is 2. The Hall–Kier alpha value is -3.31. The van der Waals surface area contributed by atoms with Crippen LogP contribution in [0, 0.1) is 6.92 Å². The maximum Gasteiger partial charge on any atom is 0.259 e. The highest BCUT2D eigenvalue weighted by molar-refractivity contribution is 6.11. The predicted octanol–water partition coefficient (Wildman–Crippen LogP) is 5.83. The number of anilines is 2. The fourth-order valence-corrected chi connectivity index (χ4v) is 4.31. The Morgan fingerprint density at radius 2 is 1.81 bits per heavy atom. The van der Waals surface area contributed by atoms with Gasteiger partial charge in [0.2, 0.25) is 0 Å². The Balaban J connectivity index is 0.00000231. The summed E-state index contributed by atoms with van der Waals surface area (Å²) in [6.07, 6.45) is 3.62. The molecule has 1 atom stereocenters. The molecule has 0 spiro atoms. The summed E-state index contributed by atoms with van der Waals surface area (Å²) < 4.78 is 5.77. The number of carbonyl (C=O) groups excluding carboxylic acids is 2. The van der Waals surface area contributed by atoms with Crippen LogP contribution in [0.3, 0.4) is 0 Å². The van der Waals surface area contributed by atoms with Gasteiger partial charge in [-0.1, -0.05) is 29.8 Å². The molecule has 5 rings (SSSR count). The molecule has 1 N–H and O–H groups in total. The Bertz CT molecular complexity index is 1150. The van der Waals surface area contributed by atoms with Gasteiger partial charge in [-0.3, -0.25) is 14.5 Å². The lowest BCUT2D eigenvalue weighted by molar-refractivity contribution is -0.116. The first-order chi connectivity index (χ1) is 14.6. The monoisotopic (exact) mass is 434 g/mol. The van der Waals surface area contributed by atoms with Crippen LogP contribution in [0.2, 0.25) is 0 Å². The van der Waals surface area contributed by atoms with Crippen LogP contribution in [0.1, 0.15) is 47.0 Å². The zero-order valence-electron chi connectivity index (χ0n) is 17.1. The van der Waals surface area contributed by atoms with Crippen LogP contribution in [-0.2, 0) is 4.79 Å². The van der Waals surface area contributed by atoms with Crippen LogP contribution < -0.4 is 10.2 Å². The SMILES string of the molecule is Cc1ccc(C(=O)N2c3ccccc3NC3=C(C(=O)CCC3)C2c2ccco2)cc1.Cl. The molecule has 1 unspecified atom stereocenters. The van der Waals surface area contributed by atoms with Gasteiger partial charge in [0.1, 0.15) is 11.8 Å². The van der Waals surface area contributed by atoms with Crippen molar-refractivity contribution in [2.24, 2.45) is 0 Å². The molecule has 0 radical (unpaired) electrons. The third kappa shape index (κ3) is 3.66. The number of allylic oxidation sites excluding steroid dienone is 1. The smallest absolute Gasteiger partial charge is 0.259 e. The maximum atomic E-state index is 13.8. The third-order valence-electron chi connectivity index (χ3n) is 5.77. The van der Waals surface area contributed by atoms with Gasteiger partial charge in [-0.15, -0.1) is 12.4 Å². The van der Waals surface area contributed by atoms with Crippen molar-refractivity contribution in [3.63, 3.8) is 0 Å². The van der Waals surface area contributed by atoms with E-state index < -0.39 is 6.04 Å². The topological polar surface area (TPSA) is 62.6 Å². The lowest BCUT2D eigenvalue weighted by atomic mass is 9.88. The van der Waals surface area contributed by atoms with Crippen molar-refractivity contribution in [2.45, 2.75) is 32.2 Å². The van der Waals surface area contributed by atoms with Gasteiger partial charge in [0.15, 0.2) is 5.78 Å². The summed E-state index contributed by atoms with van der Waals surface area (Å²) in [7, 11) is 0. The second-order valence-electron chi connectivity index (χ2n) is 7.77. The van der Waals surface area contributed by atoms with E-state index in [0.29, 0.717) is 23.3 Å². The highest BCUT2D eigenvalue weighted by Gasteiger charge is 2.41. The molecule has 158 valence electrons. The molecule has 3 aromatic rings. The molecule has 0 saturated carbocycles. The van der Waals surface area contributed by atoms with Crippen LogP contribution in [0.4, 0.5) is 11.4 Å².